The molecule has 0 atom stereocenters. The molecule has 0 aromatic heterocycles. The molecule has 28 heavy (non-hydrogen) atoms. The molecule has 0 bridgehead atoms. The van der Waals surface area contributed by atoms with Crippen LogP contribution in [0.5, 0.6) is 11.5 Å². The second kappa shape index (κ2) is 9.71. The molecule has 0 heterocycles. The Bertz CT molecular complexity index is 954. The molecule has 0 aliphatic rings. The van der Waals surface area contributed by atoms with Crippen LogP contribution in [0.2, 0.25) is 0 Å². The number of hydrogen-bond acceptors (Lipinski definition) is 4. The fourth-order valence-corrected chi connectivity index (χ4v) is 2.79. The molecule has 6 heteroatoms. The maximum atomic E-state index is 12.2. The molecule has 0 radical (unpaired) electrons. The van der Waals surface area contributed by atoms with Gasteiger partial charge in [-0.25, -0.2) is 5.43 Å². The van der Waals surface area contributed by atoms with E-state index in [1.807, 2.05) is 60.7 Å². The summed E-state index contributed by atoms with van der Waals surface area (Å²) in [7, 11) is 1.61. The number of ether oxygens (including phenoxy) is 2. The smallest absolute Gasteiger partial charge is 0.271 e. The van der Waals surface area contributed by atoms with Gasteiger partial charge in [0.15, 0.2) is 0 Å². The first kappa shape index (κ1) is 19.6. The molecule has 0 fully saturated rings. The summed E-state index contributed by atoms with van der Waals surface area (Å²) in [6, 6.07) is 22.3. The third kappa shape index (κ3) is 5.44. The van der Waals surface area contributed by atoms with Gasteiger partial charge in [-0.2, -0.15) is 5.10 Å². The topological polar surface area (TPSA) is 59.9 Å². The zero-order valence-electron chi connectivity index (χ0n) is 15.3. The fourth-order valence-electron chi connectivity index (χ4n) is 2.40. The molecule has 3 aromatic carbocycles. The van der Waals surface area contributed by atoms with Crippen LogP contribution in [0.1, 0.15) is 21.5 Å². The Kier molecular flexibility index (Phi) is 6.81. The first-order chi connectivity index (χ1) is 13.7. The molecule has 0 aliphatic heterocycles. The Morgan fingerprint density at radius 2 is 1.75 bits per heavy atom. The third-order valence-electron chi connectivity index (χ3n) is 3.94. The van der Waals surface area contributed by atoms with Gasteiger partial charge in [0.25, 0.3) is 5.91 Å². The van der Waals surface area contributed by atoms with Crippen molar-refractivity contribution in [3.8, 4) is 11.5 Å². The lowest BCUT2D eigenvalue weighted by Gasteiger charge is -2.08. The number of rotatable bonds is 7. The van der Waals surface area contributed by atoms with Crippen molar-refractivity contribution in [2.24, 2.45) is 5.10 Å². The van der Waals surface area contributed by atoms with Crippen molar-refractivity contribution in [2.45, 2.75) is 6.61 Å². The van der Waals surface area contributed by atoms with Crippen molar-refractivity contribution < 1.29 is 14.3 Å². The fraction of sp³-hybridized carbons (Fsp3) is 0.0909. The number of nitrogens with one attached hydrogen (secondary N) is 1. The number of hydrazone groups is 1. The minimum Gasteiger partial charge on any atom is -0.497 e. The van der Waals surface area contributed by atoms with E-state index in [2.05, 4.69) is 26.5 Å². The van der Waals surface area contributed by atoms with Crippen molar-refractivity contribution in [2.75, 3.05) is 7.11 Å². The van der Waals surface area contributed by atoms with E-state index in [0.29, 0.717) is 12.2 Å². The highest BCUT2D eigenvalue weighted by molar-refractivity contribution is 9.10. The van der Waals surface area contributed by atoms with Gasteiger partial charge in [-0.15, -0.1) is 0 Å². The van der Waals surface area contributed by atoms with E-state index in [1.165, 1.54) is 0 Å². The Morgan fingerprint density at radius 3 is 2.43 bits per heavy atom. The molecular formula is C22H19BrN2O3. The van der Waals surface area contributed by atoms with E-state index in [9.17, 15) is 4.79 Å². The van der Waals surface area contributed by atoms with Crippen LogP contribution in [-0.4, -0.2) is 19.2 Å². The molecule has 0 saturated carbocycles. The largest absolute Gasteiger partial charge is 0.497 e. The molecule has 1 N–H and O–H groups in total. The highest BCUT2D eigenvalue weighted by Crippen LogP contribution is 2.24. The summed E-state index contributed by atoms with van der Waals surface area (Å²) in [6.07, 6.45) is 1.58. The summed E-state index contributed by atoms with van der Waals surface area (Å²) in [4.78, 5) is 12.2. The van der Waals surface area contributed by atoms with Crippen LogP contribution in [-0.2, 0) is 6.61 Å². The van der Waals surface area contributed by atoms with Crippen LogP contribution in [0.3, 0.4) is 0 Å². The predicted octanol–water partition coefficient (Wildman–Crippen LogP) is 4.80. The number of amides is 1. The van der Waals surface area contributed by atoms with Crippen molar-refractivity contribution in [1.82, 2.24) is 5.43 Å². The van der Waals surface area contributed by atoms with Crippen LogP contribution in [0.25, 0.3) is 0 Å². The summed E-state index contributed by atoms with van der Waals surface area (Å²) >= 11 is 3.45. The number of halogens is 1. The molecule has 3 aromatic rings. The summed E-state index contributed by atoms with van der Waals surface area (Å²) in [5.74, 6) is 1.27. The highest BCUT2D eigenvalue weighted by atomic mass is 79.9. The SMILES string of the molecule is COc1ccc(/C=N\NC(=O)c2ccc(COc3ccccc3Br)cc2)cc1. The zero-order valence-corrected chi connectivity index (χ0v) is 16.8. The van der Waals surface area contributed by atoms with Crippen molar-refractivity contribution in [3.05, 3.63) is 94.0 Å². The number of nitrogens with zero attached hydrogens (tertiary/aromatic N) is 1. The summed E-state index contributed by atoms with van der Waals surface area (Å²) in [5.41, 5.74) is 4.88. The van der Waals surface area contributed by atoms with Gasteiger partial charge >= 0.3 is 0 Å². The van der Waals surface area contributed by atoms with Gasteiger partial charge < -0.3 is 9.47 Å². The summed E-state index contributed by atoms with van der Waals surface area (Å²) in [5, 5.41) is 3.99. The Hall–Kier alpha value is -3.12. The second-order valence-corrected chi connectivity index (χ2v) is 6.74. The number of para-hydroxylation sites is 1. The van der Waals surface area contributed by atoms with Crippen molar-refractivity contribution >= 4 is 28.1 Å². The Morgan fingerprint density at radius 1 is 1.04 bits per heavy atom. The monoisotopic (exact) mass is 438 g/mol. The van der Waals surface area contributed by atoms with Gasteiger partial charge in [0.2, 0.25) is 0 Å². The quantitative estimate of drug-likeness (QED) is 0.425. The second-order valence-electron chi connectivity index (χ2n) is 5.89. The number of carbonyl (C=O) groups excluding carboxylic acids is 1. The number of carbonyl (C=O) groups is 1. The molecular weight excluding hydrogens is 420 g/mol. The van der Waals surface area contributed by atoms with Crippen LogP contribution in [0, 0.1) is 0 Å². The Labute approximate surface area is 172 Å². The number of methoxy groups -OCH3 is 1. The van der Waals surface area contributed by atoms with Crippen LogP contribution >= 0.6 is 15.9 Å². The van der Waals surface area contributed by atoms with E-state index in [-0.39, 0.29) is 5.91 Å². The van der Waals surface area contributed by atoms with Gasteiger partial charge in [-0.05, 0) is 75.6 Å². The normalized spacial score (nSPS) is 10.6. The van der Waals surface area contributed by atoms with E-state index >= 15 is 0 Å². The van der Waals surface area contributed by atoms with E-state index < -0.39 is 0 Å². The van der Waals surface area contributed by atoms with E-state index in [4.69, 9.17) is 9.47 Å². The average Bonchev–Trinajstić information content (AvgIpc) is 2.74. The maximum Gasteiger partial charge on any atom is 0.271 e. The first-order valence-electron chi connectivity index (χ1n) is 8.59. The van der Waals surface area contributed by atoms with E-state index in [0.717, 1.165) is 27.1 Å². The standard InChI is InChI=1S/C22H19BrN2O3/c1-27-19-12-8-16(9-13-19)14-24-25-22(26)18-10-6-17(7-11-18)15-28-21-5-3-2-4-20(21)23/h2-14H,15H2,1H3,(H,25,26)/b24-14-. The van der Waals surface area contributed by atoms with Gasteiger partial charge in [0.05, 0.1) is 17.8 Å². The molecule has 3 rings (SSSR count). The molecule has 5 nitrogen and oxygen atoms in total. The zero-order chi connectivity index (χ0) is 19.8. The highest BCUT2D eigenvalue weighted by Gasteiger charge is 2.05. The van der Waals surface area contributed by atoms with Crippen LogP contribution in [0.15, 0.2) is 82.4 Å². The van der Waals surface area contributed by atoms with Crippen LogP contribution in [0.4, 0.5) is 0 Å². The molecule has 0 unspecified atom stereocenters. The van der Waals surface area contributed by atoms with E-state index in [1.54, 1.807) is 25.5 Å². The first-order valence-corrected chi connectivity index (χ1v) is 9.39. The lowest BCUT2D eigenvalue weighted by atomic mass is 10.1. The predicted molar refractivity (Wildman–Crippen MR) is 113 cm³/mol. The van der Waals surface area contributed by atoms with Crippen molar-refractivity contribution in [1.29, 1.82) is 0 Å². The molecule has 0 saturated heterocycles. The lowest BCUT2D eigenvalue weighted by molar-refractivity contribution is 0.0955. The van der Waals surface area contributed by atoms with Crippen molar-refractivity contribution in [3.63, 3.8) is 0 Å². The number of hydrogen-bond donors (Lipinski definition) is 1. The van der Waals surface area contributed by atoms with Gasteiger partial charge in [0.1, 0.15) is 18.1 Å². The molecule has 1 amide bonds. The minimum absolute atomic E-state index is 0.275. The van der Waals surface area contributed by atoms with Gasteiger partial charge in [-0.3, -0.25) is 4.79 Å². The van der Waals surface area contributed by atoms with Gasteiger partial charge in [-0.1, -0.05) is 24.3 Å². The minimum atomic E-state index is -0.275. The lowest BCUT2D eigenvalue weighted by Crippen LogP contribution is -2.17. The third-order valence-corrected chi connectivity index (χ3v) is 4.60. The number of benzene rings is 3. The molecule has 142 valence electrons. The summed E-state index contributed by atoms with van der Waals surface area (Å²) < 4.78 is 11.8. The van der Waals surface area contributed by atoms with Gasteiger partial charge in [0, 0.05) is 5.56 Å². The average molecular weight is 439 g/mol. The molecule has 0 aliphatic carbocycles. The van der Waals surface area contributed by atoms with Crippen LogP contribution < -0.4 is 14.9 Å². The maximum absolute atomic E-state index is 12.2. The molecule has 0 spiro atoms. The Balaban J connectivity index is 1.53. The summed E-state index contributed by atoms with van der Waals surface area (Å²) in [6.45, 7) is 0.417.